The van der Waals surface area contributed by atoms with E-state index < -0.39 is 5.41 Å². The molecule has 0 aliphatic heterocycles. The molecule has 11 aromatic carbocycles. The second kappa shape index (κ2) is 18.3. The normalized spacial score (nSPS) is 14.0. The molecule has 3 nitrogen and oxygen atoms in total. The smallest absolute Gasteiger partial charge is 0.159 e. The van der Waals surface area contributed by atoms with Crippen molar-refractivity contribution < 1.29 is 4.42 Å². The van der Waals surface area contributed by atoms with Crippen LogP contribution in [0.2, 0.25) is 0 Å². The highest BCUT2D eigenvalue weighted by Crippen LogP contribution is 2.58. The lowest BCUT2D eigenvalue weighted by atomic mass is 9.67. The summed E-state index contributed by atoms with van der Waals surface area (Å²) < 4.78 is 9.27. The van der Waals surface area contributed by atoms with Gasteiger partial charge in [-0.2, -0.15) is 0 Å². The average Bonchev–Trinajstić information content (AvgIpc) is 4.31. The zero-order valence-electron chi connectivity index (χ0n) is 44.0. The van der Waals surface area contributed by atoms with E-state index in [1.54, 1.807) is 0 Å². The van der Waals surface area contributed by atoms with Gasteiger partial charge in [0.25, 0.3) is 0 Å². The van der Waals surface area contributed by atoms with Crippen LogP contribution in [0.15, 0.2) is 266 Å². The molecule has 1 unspecified atom stereocenters. The fourth-order valence-electron chi connectivity index (χ4n) is 12.5. The molecule has 78 heavy (non-hydrogen) atoms. The van der Waals surface area contributed by atoms with Crippen LogP contribution in [0.1, 0.15) is 59.7 Å². The summed E-state index contributed by atoms with van der Waals surface area (Å²) in [6, 6.07) is 91.6. The van der Waals surface area contributed by atoms with Crippen molar-refractivity contribution in [2.45, 2.75) is 31.6 Å². The van der Waals surface area contributed by atoms with Gasteiger partial charge in [0.05, 0.1) is 22.1 Å². The van der Waals surface area contributed by atoms with Gasteiger partial charge in [-0.1, -0.05) is 222 Å². The molecule has 1 atom stereocenters. The number of para-hydroxylation sites is 3. The summed E-state index contributed by atoms with van der Waals surface area (Å²) in [4.78, 5) is 2.39. The van der Waals surface area contributed by atoms with Gasteiger partial charge in [0, 0.05) is 38.6 Å². The molecule has 3 heteroatoms. The fraction of sp³-hybridized carbons (Fsp3) is 0.0667. The predicted octanol–water partition coefficient (Wildman–Crippen LogP) is 20.4. The molecule has 1 aliphatic rings. The number of nitrogens with zero attached hydrogens (tertiary/aromatic N) is 2. The minimum atomic E-state index is -0.627. The van der Waals surface area contributed by atoms with E-state index in [1.165, 1.54) is 66.4 Å². The van der Waals surface area contributed by atoms with Crippen LogP contribution in [0.25, 0.3) is 95.0 Å². The van der Waals surface area contributed by atoms with E-state index in [9.17, 15) is 0 Å². The SMILES string of the molecule is C=Cc1ccc(-c2ccc3c(c2)c2cc(-c4ccc(N(c5ccc6c(c5)C(c5ccc(C=C)cc5)(c5ccc(C(C)(C)C)cc5)c5ccccc5-6)c5cccc6c5oc5ccccc56)cc4)ccc2n3-c2ccccc2)cc1. The summed E-state index contributed by atoms with van der Waals surface area (Å²) in [6.07, 6.45) is 3.82. The fourth-order valence-corrected chi connectivity index (χ4v) is 12.5. The van der Waals surface area contributed by atoms with E-state index in [2.05, 4.69) is 286 Å². The zero-order valence-corrected chi connectivity index (χ0v) is 44.0. The molecule has 0 saturated heterocycles. The number of fused-ring (bicyclic) bond motifs is 9. The maximum Gasteiger partial charge on any atom is 0.159 e. The van der Waals surface area contributed by atoms with E-state index in [1.807, 2.05) is 18.2 Å². The van der Waals surface area contributed by atoms with E-state index in [0.717, 1.165) is 72.5 Å². The quantitative estimate of drug-likeness (QED) is 0.136. The summed E-state index contributed by atoms with van der Waals surface area (Å²) in [5.74, 6) is 0. The summed E-state index contributed by atoms with van der Waals surface area (Å²) >= 11 is 0. The van der Waals surface area contributed by atoms with Gasteiger partial charge in [-0.25, -0.2) is 0 Å². The Hall–Kier alpha value is -9.70. The van der Waals surface area contributed by atoms with Crippen molar-refractivity contribution in [2.75, 3.05) is 4.90 Å². The number of anilines is 3. The van der Waals surface area contributed by atoms with Crippen molar-refractivity contribution in [1.82, 2.24) is 4.57 Å². The summed E-state index contributed by atoms with van der Waals surface area (Å²) in [5.41, 5.74) is 23.1. The van der Waals surface area contributed by atoms with Gasteiger partial charge in [-0.15, -0.1) is 0 Å². The van der Waals surface area contributed by atoms with E-state index in [0.29, 0.717) is 0 Å². The maximum absolute atomic E-state index is 6.89. The van der Waals surface area contributed by atoms with Crippen molar-refractivity contribution in [2.24, 2.45) is 0 Å². The third-order valence-corrected chi connectivity index (χ3v) is 16.4. The third kappa shape index (κ3) is 7.41. The van der Waals surface area contributed by atoms with E-state index in [-0.39, 0.29) is 5.41 Å². The van der Waals surface area contributed by atoms with Gasteiger partial charge in [0.15, 0.2) is 5.58 Å². The lowest BCUT2D eigenvalue weighted by Gasteiger charge is -2.35. The van der Waals surface area contributed by atoms with Crippen molar-refractivity contribution in [1.29, 1.82) is 0 Å². The molecule has 0 radical (unpaired) electrons. The zero-order chi connectivity index (χ0) is 52.7. The lowest BCUT2D eigenvalue weighted by Crippen LogP contribution is -2.29. The molecule has 0 fully saturated rings. The van der Waals surface area contributed by atoms with E-state index >= 15 is 0 Å². The molecular weight excluding hydrogens is 945 g/mol. The van der Waals surface area contributed by atoms with Crippen LogP contribution >= 0.6 is 0 Å². The Labute approximate surface area is 455 Å². The topological polar surface area (TPSA) is 21.3 Å². The Morgan fingerprint density at radius 3 is 1.63 bits per heavy atom. The molecule has 14 rings (SSSR count). The standard InChI is InChI=1S/C75H56N2O/c1-6-49-24-28-51(29-25-49)53-32-44-69-65(46-53)66-47-54(33-45-70(66)77(69)58-16-9-8-10-17-58)52-30-40-59(41-31-52)76(71-22-15-20-64-63-19-12-14-23-72(63)78-73(64)71)60-42-43-62-61-18-11-13-21-67(61)75(68(62)48-60,56-34-26-50(7-2)27-35-56)57-38-36-55(37-39-57)74(3,4)5/h6-48H,1-2H2,3-5H3. The first-order valence-corrected chi connectivity index (χ1v) is 27.0. The summed E-state index contributed by atoms with van der Waals surface area (Å²) in [5, 5.41) is 4.58. The van der Waals surface area contributed by atoms with Gasteiger partial charge in [0.2, 0.25) is 0 Å². The molecule has 2 heterocycles. The Balaban J connectivity index is 0.954. The minimum Gasteiger partial charge on any atom is -0.454 e. The average molecular weight is 1000 g/mol. The number of aromatic nitrogens is 1. The van der Waals surface area contributed by atoms with Crippen molar-refractivity contribution in [3.05, 3.63) is 301 Å². The highest BCUT2D eigenvalue weighted by atomic mass is 16.3. The molecule has 0 saturated carbocycles. The molecule has 0 bridgehead atoms. The molecule has 0 N–H and O–H groups in total. The van der Waals surface area contributed by atoms with Gasteiger partial charge < -0.3 is 13.9 Å². The predicted molar refractivity (Wildman–Crippen MR) is 330 cm³/mol. The Morgan fingerprint density at radius 2 is 0.974 bits per heavy atom. The first-order chi connectivity index (χ1) is 38.2. The number of rotatable bonds is 10. The Bertz CT molecular complexity index is 4470. The Kier molecular flexibility index (Phi) is 11.0. The van der Waals surface area contributed by atoms with E-state index in [4.69, 9.17) is 4.42 Å². The van der Waals surface area contributed by atoms with Gasteiger partial charge in [0.1, 0.15) is 5.58 Å². The molecular formula is C75H56N2O. The second-order valence-electron chi connectivity index (χ2n) is 21.8. The first kappa shape index (κ1) is 46.8. The van der Waals surface area contributed by atoms with Crippen LogP contribution in [-0.2, 0) is 10.8 Å². The molecule has 372 valence electrons. The highest BCUT2D eigenvalue weighted by Gasteiger charge is 2.46. The number of hydrogen-bond acceptors (Lipinski definition) is 2. The van der Waals surface area contributed by atoms with Crippen LogP contribution in [0.3, 0.4) is 0 Å². The molecule has 2 aromatic heterocycles. The van der Waals surface area contributed by atoms with Crippen LogP contribution in [0.4, 0.5) is 17.1 Å². The van der Waals surface area contributed by atoms with Crippen LogP contribution in [-0.4, -0.2) is 4.57 Å². The van der Waals surface area contributed by atoms with Crippen molar-refractivity contribution in [3.63, 3.8) is 0 Å². The molecule has 1 aliphatic carbocycles. The monoisotopic (exact) mass is 1000 g/mol. The van der Waals surface area contributed by atoms with Crippen molar-refractivity contribution in [3.8, 4) is 39.1 Å². The number of furan rings is 1. The first-order valence-electron chi connectivity index (χ1n) is 27.0. The van der Waals surface area contributed by atoms with Crippen molar-refractivity contribution >= 4 is 73.0 Å². The third-order valence-electron chi connectivity index (χ3n) is 16.4. The van der Waals surface area contributed by atoms with Gasteiger partial charge in [-0.3, -0.25) is 0 Å². The second-order valence-corrected chi connectivity index (χ2v) is 21.8. The highest BCUT2D eigenvalue weighted by molar-refractivity contribution is 6.12. The largest absolute Gasteiger partial charge is 0.454 e. The number of hydrogen-bond donors (Lipinski definition) is 0. The molecule has 0 spiro atoms. The molecule has 0 amide bonds. The summed E-state index contributed by atoms with van der Waals surface area (Å²) in [6.45, 7) is 14.9. The Morgan fingerprint density at radius 1 is 0.436 bits per heavy atom. The minimum absolute atomic E-state index is 0.00256. The van der Waals surface area contributed by atoms with Gasteiger partial charge >= 0.3 is 0 Å². The lowest BCUT2D eigenvalue weighted by molar-refractivity contribution is 0.589. The van der Waals surface area contributed by atoms with Gasteiger partial charge in [-0.05, 0) is 151 Å². The van der Waals surface area contributed by atoms with Crippen LogP contribution < -0.4 is 4.90 Å². The van der Waals surface area contributed by atoms with Crippen LogP contribution in [0.5, 0.6) is 0 Å². The van der Waals surface area contributed by atoms with Crippen LogP contribution in [0, 0.1) is 0 Å². The maximum atomic E-state index is 6.89. The number of benzene rings is 11. The summed E-state index contributed by atoms with van der Waals surface area (Å²) in [7, 11) is 0. The molecule has 13 aromatic rings.